The standard InChI is InChI=1S/C28H48O/c1-18(2)19(3)7-8-20(4)24-11-12-25-23-10-9-21-17-22(29)13-15-27(21,5)26(23)14-16-28(24,25)6/h10,18-22,24-26,29H,7-9,11-17H2,1-6H3/t19?,20-,21?,22?,24-,25+,26+,27+,28-/m1/s1. The van der Waals surface area contributed by atoms with Crippen molar-refractivity contribution in [3.8, 4) is 0 Å². The normalized spacial score (nSPS) is 46.5. The highest BCUT2D eigenvalue weighted by atomic mass is 16.3. The molecule has 3 fully saturated rings. The maximum atomic E-state index is 10.2. The van der Waals surface area contributed by atoms with E-state index in [4.69, 9.17) is 0 Å². The van der Waals surface area contributed by atoms with Crippen molar-refractivity contribution < 1.29 is 5.11 Å². The molecule has 4 rings (SSSR count). The summed E-state index contributed by atoms with van der Waals surface area (Å²) in [5, 5.41) is 10.2. The molecule has 0 bridgehead atoms. The molecule has 3 saturated carbocycles. The van der Waals surface area contributed by atoms with Gasteiger partial charge in [0.15, 0.2) is 0 Å². The van der Waals surface area contributed by atoms with E-state index >= 15 is 0 Å². The van der Waals surface area contributed by atoms with Crippen LogP contribution in [-0.2, 0) is 0 Å². The van der Waals surface area contributed by atoms with Gasteiger partial charge in [-0.15, -0.1) is 0 Å². The van der Waals surface area contributed by atoms with Crippen LogP contribution in [0.5, 0.6) is 0 Å². The van der Waals surface area contributed by atoms with Crippen molar-refractivity contribution in [2.24, 2.45) is 52.3 Å². The third-order valence-corrected chi connectivity index (χ3v) is 11.0. The highest BCUT2D eigenvalue weighted by Crippen LogP contribution is 2.67. The fourth-order valence-corrected chi connectivity index (χ4v) is 8.53. The molecule has 0 aromatic carbocycles. The zero-order valence-electron chi connectivity index (χ0n) is 20.2. The molecule has 0 aromatic rings. The largest absolute Gasteiger partial charge is 0.393 e. The lowest BCUT2D eigenvalue weighted by atomic mass is 9.47. The molecule has 1 heteroatoms. The Hall–Kier alpha value is -0.300. The van der Waals surface area contributed by atoms with Gasteiger partial charge in [-0.1, -0.05) is 66.0 Å². The Bertz CT molecular complexity index is 620. The molecule has 4 aliphatic carbocycles. The second-order valence-electron chi connectivity index (χ2n) is 12.7. The first kappa shape index (κ1) is 21.9. The molecule has 0 radical (unpaired) electrons. The summed E-state index contributed by atoms with van der Waals surface area (Å²) < 4.78 is 0. The van der Waals surface area contributed by atoms with E-state index < -0.39 is 0 Å². The SMILES string of the molecule is CC(C)C(C)CC[C@@H](C)[C@H]1CC[C@H]2C3=CCC4CC(O)CC[C@]4(C)[C@H]3CC[C@]12C. The molecule has 166 valence electrons. The molecular weight excluding hydrogens is 352 g/mol. The van der Waals surface area contributed by atoms with E-state index in [0.717, 1.165) is 54.3 Å². The Morgan fingerprint density at radius 3 is 2.34 bits per heavy atom. The van der Waals surface area contributed by atoms with Crippen LogP contribution in [0.3, 0.4) is 0 Å². The number of aliphatic hydroxyl groups excluding tert-OH is 1. The van der Waals surface area contributed by atoms with Crippen LogP contribution in [0.15, 0.2) is 11.6 Å². The molecule has 4 aliphatic rings. The molecule has 1 N–H and O–H groups in total. The van der Waals surface area contributed by atoms with Gasteiger partial charge in [-0.05, 0) is 104 Å². The molecule has 0 heterocycles. The summed E-state index contributed by atoms with van der Waals surface area (Å²) in [5.41, 5.74) is 2.88. The third kappa shape index (κ3) is 3.66. The number of rotatable bonds is 5. The van der Waals surface area contributed by atoms with Gasteiger partial charge in [0.05, 0.1) is 6.10 Å². The Morgan fingerprint density at radius 1 is 0.931 bits per heavy atom. The van der Waals surface area contributed by atoms with Crippen molar-refractivity contribution in [2.75, 3.05) is 0 Å². The number of allylic oxidation sites excluding steroid dienone is 2. The maximum absolute atomic E-state index is 10.2. The van der Waals surface area contributed by atoms with Crippen molar-refractivity contribution in [1.82, 2.24) is 0 Å². The van der Waals surface area contributed by atoms with Crippen LogP contribution in [0.1, 0.15) is 106 Å². The van der Waals surface area contributed by atoms with Crippen LogP contribution in [0.4, 0.5) is 0 Å². The molecule has 0 aliphatic heterocycles. The monoisotopic (exact) mass is 400 g/mol. The van der Waals surface area contributed by atoms with E-state index in [0.29, 0.717) is 10.8 Å². The van der Waals surface area contributed by atoms with Gasteiger partial charge >= 0.3 is 0 Å². The van der Waals surface area contributed by atoms with E-state index in [1.54, 1.807) is 0 Å². The van der Waals surface area contributed by atoms with E-state index in [2.05, 4.69) is 47.6 Å². The van der Waals surface area contributed by atoms with Crippen molar-refractivity contribution in [3.05, 3.63) is 11.6 Å². The summed E-state index contributed by atoms with van der Waals surface area (Å²) in [6.45, 7) is 15.1. The number of fused-ring (bicyclic) bond motifs is 5. The number of hydrogen-bond acceptors (Lipinski definition) is 1. The molecular formula is C28H48O. The van der Waals surface area contributed by atoms with Crippen LogP contribution < -0.4 is 0 Å². The lowest BCUT2D eigenvalue weighted by molar-refractivity contribution is -0.0428. The second-order valence-corrected chi connectivity index (χ2v) is 12.7. The Morgan fingerprint density at radius 2 is 1.62 bits per heavy atom. The van der Waals surface area contributed by atoms with Gasteiger partial charge in [0.1, 0.15) is 0 Å². The smallest absolute Gasteiger partial charge is 0.0543 e. The topological polar surface area (TPSA) is 20.2 Å². The molecule has 0 amide bonds. The molecule has 29 heavy (non-hydrogen) atoms. The predicted octanol–water partition coefficient (Wildman–Crippen LogP) is 7.63. The summed E-state index contributed by atoms with van der Waals surface area (Å²) >= 11 is 0. The van der Waals surface area contributed by atoms with Crippen LogP contribution in [0, 0.1) is 52.3 Å². The van der Waals surface area contributed by atoms with E-state index in [-0.39, 0.29) is 6.10 Å². The highest BCUT2D eigenvalue weighted by molar-refractivity contribution is 5.27. The van der Waals surface area contributed by atoms with Crippen LogP contribution in [0.25, 0.3) is 0 Å². The molecule has 3 unspecified atom stereocenters. The summed E-state index contributed by atoms with van der Waals surface area (Å²) in [6.07, 6.45) is 15.8. The lowest BCUT2D eigenvalue weighted by Crippen LogP contribution is -2.49. The van der Waals surface area contributed by atoms with Crippen LogP contribution >= 0.6 is 0 Å². The van der Waals surface area contributed by atoms with Gasteiger partial charge < -0.3 is 5.11 Å². The Balaban J connectivity index is 1.50. The van der Waals surface area contributed by atoms with E-state index in [9.17, 15) is 5.11 Å². The van der Waals surface area contributed by atoms with Crippen LogP contribution in [0.2, 0.25) is 0 Å². The van der Waals surface area contributed by atoms with Crippen molar-refractivity contribution >= 4 is 0 Å². The first-order valence-corrected chi connectivity index (χ1v) is 13.0. The zero-order valence-corrected chi connectivity index (χ0v) is 20.2. The number of hydrogen-bond donors (Lipinski definition) is 1. The Kier molecular flexibility index (Phi) is 6.04. The third-order valence-electron chi connectivity index (χ3n) is 11.0. The van der Waals surface area contributed by atoms with Gasteiger partial charge in [0.2, 0.25) is 0 Å². The lowest BCUT2D eigenvalue weighted by Gasteiger charge is -2.57. The fraction of sp³-hybridized carbons (Fsp3) is 0.929. The average Bonchev–Trinajstić information content (AvgIpc) is 3.03. The molecule has 1 nitrogen and oxygen atoms in total. The summed E-state index contributed by atoms with van der Waals surface area (Å²) in [6, 6.07) is 0. The van der Waals surface area contributed by atoms with Crippen molar-refractivity contribution in [1.29, 1.82) is 0 Å². The molecule has 0 saturated heterocycles. The van der Waals surface area contributed by atoms with Crippen LogP contribution in [-0.4, -0.2) is 11.2 Å². The van der Waals surface area contributed by atoms with Gasteiger partial charge in [-0.3, -0.25) is 0 Å². The predicted molar refractivity (Wildman–Crippen MR) is 124 cm³/mol. The first-order valence-electron chi connectivity index (χ1n) is 13.0. The van der Waals surface area contributed by atoms with Crippen molar-refractivity contribution in [2.45, 2.75) is 112 Å². The fourth-order valence-electron chi connectivity index (χ4n) is 8.53. The summed E-state index contributed by atoms with van der Waals surface area (Å²) in [7, 11) is 0. The average molecular weight is 401 g/mol. The minimum Gasteiger partial charge on any atom is -0.393 e. The molecule has 0 spiro atoms. The first-order chi connectivity index (χ1) is 13.7. The summed E-state index contributed by atoms with van der Waals surface area (Å²) in [5.74, 6) is 5.85. The van der Waals surface area contributed by atoms with Gasteiger partial charge in [0, 0.05) is 0 Å². The highest BCUT2D eigenvalue weighted by Gasteiger charge is 2.58. The summed E-state index contributed by atoms with van der Waals surface area (Å²) in [4.78, 5) is 0. The zero-order chi connectivity index (χ0) is 21.0. The minimum atomic E-state index is -0.0400. The molecule has 0 aromatic heterocycles. The van der Waals surface area contributed by atoms with Gasteiger partial charge in [0.25, 0.3) is 0 Å². The molecule has 9 atom stereocenters. The quantitative estimate of drug-likeness (QED) is 0.470. The Labute approximate surface area is 181 Å². The maximum Gasteiger partial charge on any atom is 0.0543 e. The minimum absolute atomic E-state index is 0.0400. The van der Waals surface area contributed by atoms with E-state index in [1.807, 2.05) is 5.57 Å². The number of aliphatic hydroxyl groups is 1. The second kappa shape index (κ2) is 7.99. The van der Waals surface area contributed by atoms with Gasteiger partial charge in [-0.25, -0.2) is 0 Å². The van der Waals surface area contributed by atoms with Gasteiger partial charge in [-0.2, -0.15) is 0 Å². The van der Waals surface area contributed by atoms with E-state index in [1.165, 1.54) is 51.4 Å². The van der Waals surface area contributed by atoms with Crippen molar-refractivity contribution in [3.63, 3.8) is 0 Å².